The van der Waals surface area contributed by atoms with Crippen molar-refractivity contribution in [1.29, 1.82) is 0 Å². The van der Waals surface area contributed by atoms with Crippen LogP contribution in [0, 0.1) is 0 Å². The molecule has 1 N–H and O–H groups in total. The summed E-state index contributed by atoms with van der Waals surface area (Å²) in [6.45, 7) is 5.21. The van der Waals surface area contributed by atoms with Gasteiger partial charge in [0.2, 0.25) is 5.75 Å². The number of ether oxygens (including phenoxy) is 3. The molecule has 0 saturated heterocycles. The summed E-state index contributed by atoms with van der Waals surface area (Å²) >= 11 is 0. The Labute approximate surface area is 125 Å². The van der Waals surface area contributed by atoms with Crippen LogP contribution in [0.4, 0.5) is 0 Å². The van der Waals surface area contributed by atoms with Crippen molar-refractivity contribution in [3.63, 3.8) is 0 Å². The lowest BCUT2D eigenvalue weighted by Crippen LogP contribution is -2.07. The number of carboxylic acid groups (broad SMARTS) is 1. The smallest absolute Gasteiger partial charge is 0.339 e. The van der Waals surface area contributed by atoms with Crippen molar-refractivity contribution in [1.82, 2.24) is 0 Å². The van der Waals surface area contributed by atoms with Crippen molar-refractivity contribution in [3.8, 4) is 17.2 Å². The number of hydrogen-bond acceptors (Lipinski definition) is 4. The maximum atomic E-state index is 11.3. The summed E-state index contributed by atoms with van der Waals surface area (Å²) in [7, 11) is 1.43. The molecule has 0 bridgehead atoms. The fourth-order valence-electron chi connectivity index (χ4n) is 1.81. The Bertz CT molecular complexity index is 456. The first-order valence-electron chi connectivity index (χ1n) is 7.35. The summed E-state index contributed by atoms with van der Waals surface area (Å²) in [4.78, 5) is 11.3. The minimum absolute atomic E-state index is 0.0758. The molecule has 1 aromatic carbocycles. The largest absolute Gasteiger partial charge is 0.492 e. The molecule has 0 aromatic heterocycles. The summed E-state index contributed by atoms with van der Waals surface area (Å²) in [6, 6.07) is 3.11. The molecule has 5 heteroatoms. The standard InChI is InChI=1S/C16H24O5/c1-4-6-10-20-13-9-8-12(16(17)18)14(19-3)15(13)21-11-7-5-2/h8-9H,4-7,10-11H2,1-3H3,(H,17,18). The Balaban J connectivity index is 3.07. The fourth-order valence-corrected chi connectivity index (χ4v) is 1.81. The van der Waals surface area contributed by atoms with Crippen molar-refractivity contribution >= 4 is 5.97 Å². The van der Waals surface area contributed by atoms with E-state index in [-0.39, 0.29) is 11.3 Å². The van der Waals surface area contributed by atoms with Crippen molar-refractivity contribution in [2.75, 3.05) is 20.3 Å². The Kier molecular flexibility index (Phi) is 7.43. The number of benzene rings is 1. The normalized spacial score (nSPS) is 10.2. The van der Waals surface area contributed by atoms with E-state index in [4.69, 9.17) is 14.2 Å². The maximum Gasteiger partial charge on any atom is 0.339 e. The van der Waals surface area contributed by atoms with E-state index < -0.39 is 5.97 Å². The van der Waals surface area contributed by atoms with Crippen molar-refractivity contribution in [3.05, 3.63) is 17.7 Å². The second-order valence-electron chi connectivity index (χ2n) is 4.68. The van der Waals surface area contributed by atoms with Crippen molar-refractivity contribution in [2.24, 2.45) is 0 Å². The second kappa shape index (κ2) is 9.10. The topological polar surface area (TPSA) is 65.0 Å². The van der Waals surface area contributed by atoms with Crippen molar-refractivity contribution in [2.45, 2.75) is 39.5 Å². The van der Waals surface area contributed by atoms with Crippen LogP contribution in [0.1, 0.15) is 49.9 Å². The predicted molar refractivity (Wildman–Crippen MR) is 80.8 cm³/mol. The summed E-state index contributed by atoms with van der Waals surface area (Å²) < 4.78 is 16.6. The van der Waals surface area contributed by atoms with Gasteiger partial charge < -0.3 is 19.3 Å². The number of carboxylic acids is 1. The summed E-state index contributed by atoms with van der Waals surface area (Å²) in [5.41, 5.74) is 0.0758. The van der Waals surface area contributed by atoms with E-state index in [0.29, 0.717) is 24.7 Å². The number of unbranched alkanes of at least 4 members (excludes halogenated alkanes) is 2. The van der Waals surface area contributed by atoms with Gasteiger partial charge >= 0.3 is 5.97 Å². The lowest BCUT2D eigenvalue weighted by molar-refractivity contribution is 0.0692. The van der Waals surface area contributed by atoms with Gasteiger partial charge in [-0.05, 0) is 25.0 Å². The monoisotopic (exact) mass is 296 g/mol. The van der Waals surface area contributed by atoms with Crippen LogP contribution in [0.15, 0.2) is 12.1 Å². The van der Waals surface area contributed by atoms with Gasteiger partial charge in [0.25, 0.3) is 0 Å². The maximum absolute atomic E-state index is 11.3. The number of carbonyl (C=O) groups is 1. The van der Waals surface area contributed by atoms with E-state index in [9.17, 15) is 9.90 Å². The summed E-state index contributed by atoms with van der Waals surface area (Å²) in [6.07, 6.45) is 3.83. The molecule has 0 fully saturated rings. The van der Waals surface area contributed by atoms with E-state index >= 15 is 0 Å². The molecule has 0 amide bonds. The Morgan fingerprint density at radius 3 is 2.19 bits per heavy atom. The Hall–Kier alpha value is -1.91. The summed E-state index contributed by atoms with van der Waals surface area (Å²) in [5.74, 6) is 0.0725. The van der Waals surface area contributed by atoms with Crippen LogP contribution in [0.3, 0.4) is 0 Å². The molecule has 0 heterocycles. The minimum atomic E-state index is -1.05. The molecule has 0 saturated carbocycles. The van der Waals surface area contributed by atoms with Gasteiger partial charge in [-0.2, -0.15) is 0 Å². The third-order valence-corrected chi connectivity index (χ3v) is 3.01. The van der Waals surface area contributed by atoms with E-state index in [1.807, 2.05) is 0 Å². The lowest BCUT2D eigenvalue weighted by Gasteiger charge is -2.17. The van der Waals surface area contributed by atoms with Gasteiger partial charge in [-0.25, -0.2) is 4.79 Å². The number of methoxy groups -OCH3 is 1. The first kappa shape index (κ1) is 17.1. The Morgan fingerprint density at radius 1 is 1.05 bits per heavy atom. The van der Waals surface area contributed by atoms with Gasteiger partial charge in [-0.3, -0.25) is 0 Å². The van der Waals surface area contributed by atoms with Gasteiger partial charge in [0, 0.05) is 0 Å². The van der Waals surface area contributed by atoms with E-state index in [1.165, 1.54) is 13.2 Å². The minimum Gasteiger partial charge on any atom is -0.492 e. The summed E-state index contributed by atoms with van der Waals surface area (Å²) in [5, 5.41) is 9.22. The van der Waals surface area contributed by atoms with Crippen LogP contribution >= 0.6 is 0 Å². The van der Waals surface area contributed by atoms with Crippen LogP contribution in [-0.4, -0.2) is 31.4 Å². The average molecular weight is 296 g/mol. The molecule has 21 heavy (non-hydrogen) atoms. The lowest BCUT2D eigenvalue weighted by atomic mass is 10.1. The molecule has 0 aliphatic rings. The molecule has 1 aromatic rings. The van der Waals surface area contributed by atoms with Crippen LogP contribution < -0.4 is 14.2 Å². The van der Waals surface area contributed by atoms with Gasteiger partial charge in [-0.1, -0.05) is 26.7 Å². The highest BCUT2D eigenvalue weighted by Crippen LogP contribution is 2.40. The molecular weight excluding hydrogens is 272 g/mol. The van der Waals surface area contributed by atoms with E-state index in [1.54, 1.807) is 6.07 Å². The van der Waals surface area contributed by atoms with Crippen molar-refractivity contribution < 1.29 is 24.1 Å². The van der Waals surface area contributed by atoms with Crippen LogP contribution in [0.5, 0.6) is 17.2 Å². The number of hydrogen-bond donors (Lipinski definition) is 1. The molecule has 0 unspecified atom stereocenters. The zero-order chi connectivity index (χ0) is 15.7. The van der Waals surface area contributed by atoms with E-state index in [2.05, 4.69) is 13.8 Å². The third kappa shape index (κ3) is 4.85. The highest BCUT2D eigenvalue weighted by Gasteiger charge is 2.21. The fraction of sp³-hybridized carbons (Fsp3) is 0.562. The molecule has 0 spiro atoms. The highest BCUT2D eigenvalue weighted by atomic mass is 16.5. The van der Waals surface area contributed by atoms with Crippen LogP contribution in [-0.2, 0) is 0 Å². The number of aromatic carboxylic acids is 1. The van der Waals surface area contributed by atoms with Gasteiger partial charge in [0.15, 0.2) is 11.5 Å². The molecule has 5 nitrogen and oxygen atoms in total. The highest BCUT2D eigenvalue weighted by molar-refractivity contribution is 5.92. The second-order valence-corrected chi connectivity index (χ2v) is 4.68. The molecule has 0 atom stereocenters. The Morgan fingerprint density at radius 2 is 1.67 bits per heavy atom. The van der Waals surface area contributed by atoms with Gasteiger partial charge in [0.1, 0.15) is 5.56 Å². The third-order valence-electron chi connectivity index (χ3n) is 3.01. The molecule has 1 rings (SSSR count). The van der Waals surface area contributed by atoms with Gasteiger partial charge in [0.05, 0.1) is 20.3 Å². The van der Waals surface area contributed by atoms with Gasteiger partial charge in [-0.15, -0.1) is 0 Å². The van der Waals surface area contributed by atoms with Crippen LogP contribution in [0.2, 0.25) is 0 Å². The number of rotatable bonds is 10. The van der Waals surface area contributed by atoms with E-state index in [0.717, 1.165) is 25.7 Å². The quantitative estimate of drug-likeness (QED) is 0.666. The molecule has 0 aliphatic carbocycles. The average Bonchev–Trinajstić information content (AvgIpc) is 2.48. The zero-order valence-corrected chi connectivity index (χ0v) is 13.0. The molecular formula is C16H24O5. The zero-order valence-electron chi connectivity index (χ0n) is 13.0. The molecule has 0 radical (unpaired) electrons. The predicted octanol–water partition coefficient (Wildman–Crippen LogP) is 3.75. The first-order chi connectivity index (χ1) is 10.2. The molecule has 118 valence electrons. The first-order valence-corrected chi connectivity index (χ1v) is 7.35. The SMILES string of the molecule is CCCCOc1ccc(C(=O)O)c(OC)c1OCCCC. The molecule has 0 aliphatic heterocycles. The van der Waals surface area contributed by atoms with Crippen LogP contribution in [0.25, 0.3) is 0 Å².